The maximum Gasteiger partial charge on any atom is 0.315 e. The number of aliphatic hydroxyl groups excluding tert-OH is 2. The molecule has 0 aromatic rings. The Hall–Kier alpha value is -2.28. The summed E-state index contributed by atoms with van der Waals surface area (Å²) < 4.78 is 34.5. The van der Waals surface area contributed by atoms with Crippen molar-refractivity contribution in [3.05, 3.63) is 0 Å². The van der Waals surface area contributed by atoms with E-state index in [0.717, 1.165) is 0 Å². The van der Waals surface area contributed by atoms with Crippen molar-refractivity contribution in [2.75, 3.05) is 13.2 Å². The van der Waals surface area contributed by atoms with Crippen LogP contribution in [0.5, 0.6) is 0 Å². The zero-order valence-corrected chi connectivity index (χ0v) is 24.5. The van der Waals surface area contributed by atoms with E-state index in [0.29, 0.717) is 12.8 Å². The van der Waals surface area contributed by atoms with Gasteiger partial charge in [0.15, 0.2) is 0 Å². The molecule has 4 saturated carbocycles. The molecule has 6 saturated heterocycles. The molecule has 6 heterocycles. The number of esters is 4. The lowest BCUT2D eigenvalue weighted by atomic mass is 9.60. The summed E-state index contributed by atoms with van der Waals surface area (Å²) in [6.07, 6.45) is -1.20. The third-order valence-electron chi connectivity index (χ3n) is 15.4. The van der Waals surface area contributed by atoms with Gasteiger partial charge in [0, 0.05) is 12.8 Å². The number of carbonyl (C=O) groups excluding carboxylic acids is 4. The molecule has 6 aliphatic heterocycles. The zero-order chi connectivity index (χ0) is 30.1. The molecule has 14 atom stereocenters. The lowest BCUT2D eigenvalue weighted by molar-refractivity contribution is -0.335. The molecular formula is C30H36O12. The minimum atomic E-state index is -0.866. The lowest BCUT2D eigenvalue weighted by Crippen LogP contribution is -2.72. The third-order valence-corrected chi connectivity index (χ3v) is 15.4. The molecule has 4 aliphatic carbocycles. The molecule has 228 valence electrons. The first-order valence-corrected chi connectivity index (χ1v) is 14.9. The van der Waals surface area contributed by atoms with Gasteiger partial charge in [-0.15, -0.1) is 0 Å². The summed E-state index contributed by atoms with van der Waals surface area (Å²) >= 11 is 0. The van der Waals surface area contributed by atoms with Gasteiger partial charge >= 0.3 is 23.9 Å². The minimum absolute atomic E-state index is 0.208. The van der Waals surface area contributed by atoms with Crippen molar-refractivity contribution in [1.82, 2.24) is 0 Å². The Morgan fingerprint density at radius 3 is 1.33 bits per heavy atom. The number of rotatable bonds is 0. The molecule has 42 heavy (non-hydrogen) atoms. The summed E-state index contributed by atoms with van der Waals surface area (Å²) in [6, 6.07) is 0. The highest BCUT2D eigenvalue weighted by Gasteiger charge is 3.01. The summed E-state index contributed by atoms with van der Waals surface area (Å²) in [5.74, 6) is -1.08. The summed E-state index contributed by atoms with van der Waals surface area (Å²) in [4.78, 5) is 49.1. The Bertz CT molecular complexity index is 1370. The average molecular weight is 589 g/mol. The van der Waals surface area contributed by atoms with Crippen LogP contribution < -0.4 is 0 Å². The first kappa shape index (κ1) is 26.2. The summed E-state index contributed by atoms with van der Waals surface area (Å²) in [7, 11) is 0. The summed E-state index contributed by atoms with van der Waals surface area (Å²) in [5, 5.41) is 21.0. The molecule has 12 nitrogen and oxygen atoms in total. The van der Waals surface area contributed by atoms with Gasteiger partial charge in [-0.1, -0.05) is 13.8 Å². The molecule has 10 rings (SSSR count). The number of ether oxygens (including phenoxy) is 6. The van der Waals surface area contributed by atoms with E-state index in [1.165, 1.54) is 0 Å². The van der Waals surface area contributed by atoms with Crippen LogP contribution in [0.4, 0.5) is 0 Å². The standard InChI is InChI=1S/2C15H18O6/c2*1-11-6-19-10(18)12(11,2)9-14-5-8(17)20-15(11,14)4-7(16)13(14,3)21-9/h2*7,9,16H,4-6H2,1-3H3/t7?,9-,11+,12-,13-,14?,15-;7-,9?,11+,12-,13+,14?,15-/m10/s1. The van der Waals surface area contributed by atoms with E-state index in [1.807, 2.05) is 41.5 Å². The maximum atomic E-state index is 12.4. The number of fused-ring (bicyclic) bond motifs is 4. The van der Waals surface area contributed by atoms with Gasteiger partial charge < -0.3 is 38.6 Å². The van der Waals surface area contributed by atoms with Crippen LogP contribution in [0, 0.1) is 32.5 Å². The SMILES string of the molecule is C[C@@]12COC(=O)[C@]1(C)C1O[C@]3(C)[C@@H](O)C[C@]24OC(=O)CC134.C[C@]12COC(=O)[C@@]1(C)[C@H]1O[C@]3(C)C(O)C[C@@]24OC(=O)CC143. The van der Waals surface area contributed by atoms with Gasteiger partial charge in [0.2, 0.25) is 0 Å². The van der Waals surface area contributed by atoms with E-state index in [4.69, 9.17) is 28.4 Å². The second kappa shape index (κ2) is 6.27. The van der Waals surface area contributed by atoms with Gasteiger partial charge in [-0.05, 0) is 27.7 Å². The molecule has 0 amide bonds. The van der Waals surface area contributed by atoms with Crippen LogP contribution in [0.2, 0.25) is 0 Å². The number of hydrogen-bond acceptors (Lipinski definition) is 12. The zero-order valence-electron chi connectivity index (χ0n) is 24.5. The van der Waals surface area contributed by atoms with E-state index in [2.05, 4.69) is 0 Å². The summed E-state index contributed by atoms with van der Waals surface area (Å²) in [5.41, 5.74) is -7.57. The quantitative estimate of drug-likeness (QED) is 0.295. The normalized spacial score (nSPS) is 66.3. The largest absolute Gasteiger partial charge is 0.464 e. The van der Waals surface area contributed by atoms with Crippen LogP contribution in [0.1, 0.15) is 67.2 Å². The average Bonchev–Trinajstić information content (AvgIpc) is 3.65. The third kappa shape index (κ3) is 1.77. The molecule has 0 aromatic heterocycles. The van der Waals surface area contributed by atoms with Crippen molar-refractivity contribution in [1.29, 1.82) is 0 Å². The minimum Gasteiger partial charge on any atom is -0.464 e. The second-order valence-corrected chi connectivity index (χ2v) is 15.8. The van der Waals surface area contributed by atoms with Crippen LogP contribution in [-0.4, -0.2) is 94.1 Å². The van der Waals surface area contributed by atoms with E-state index >= 15 is 0 Å². The second-order valence-electron chi connectivity index (χ2n) is 15.8. The van der Waals surface area contributed by atoms with Gasteiger partial charge in [0.1, 0.15) is 46.4 Å². The molecule has 10 fully saturated rings. The Labute approximate surface area is 241 Å². The molecule has 0 aromatic carbocycles. The van der Waals surface area contributed by atoms with Gasteiger partial charge in [-0.3, -0.25) is 19.2 Å². The highest BCUT2D eigenvalue weighted by molar-refractivity contribution is 5.88. The molecular weight excluding hydrogens is 552 g/mol. The van der Waals surface area contributed by atoms with Crippen molar-refractivity contribution in [3.63, 3.8) is 0 Å². The van der Waals surface area contributed by atoms with Crippen molar-refractivity contribution in [2.24, 2.45) is 32.5 Å². The van der Waals surface area contributed by atoms with Crippen LogP contribution in [0.15, 0.2) is 0 Å². The van der Waals surface area contributed by atoms with Crippen LogP contribution in [0.25, 0.3) is 0 Å². The molecule has 4 unspecified atom stereocenters. The molecule has 2 N–H and O–H groups in total. The van der Waals surface area contributed by atoms with E-state index in [-0.39, 0.29) is 49.9 Å². The maximum absolute atomic E-state index is 12.4. The van der Waals surface area contributed by atoms with Crippen molar-refractivity contribution in [3.8, 4) is 0 Å². The van der Waals surface area contributed by atoms with Crippen molar-refractivity contribution in [2.45, 2.75) is 114 Å². The smallest absolute Gasteiger partial charge is 0.315 e. The van der Waals surface area contributed by atoms with Crippen LogP contribution >= 0.6 is 0 Å². The fraction of sp³-hybridized carbons (Fsp3) is 0.867. The lowest BCUT2D eigenvalue weighted by Gasteiger charge is -2.59. The van der Waals surface area contributed by atoms with Gasteiger partial charge in [-0.25, -0.2) is 0 Å². The number of aliphatic hydroxyl groups is 2. The fourth-order valence-electron chi connectivity index (χ4n) is 12.8. The molecule has 10 aliphatic rings. The molecule has 0 radical (unpaired) electrons. The van der Waals surface area contributed by atoms with Crippen LogP contribution in [-0.2, 0) is 47.6 Å². The van der Waals surface area contributed by atoms with E-state index in [1.54, 1.807) is 0 Å². The fourth-order valence-corrected chi connectivity index (χ4v) is 12.8. The van der Waals surface area contributed by atoms with Gasteiger partial charge in [-0.2, -0.15) is 0 Å². The van der Waals surface area contributed by atoms with Crippen molar-refractivity contribution >= 4 is 23.9 Å². The first-order valence-electron chi connectivity index (χ1n) is 14.9. The predicted octanol–water partition coefficient (Wildman–Crippen LogP) is 0.327. The highest BCUT2D eigenvalue weighted by Crippen LogP contribution is 2.87. The molecule has 0 bridgehead atoms. The Morgan fingerprint density at radius 1 is 0.619 bits per heavy atom. The first-order chi connectivity index (χ1) is 19.4. The Morgan fingerprint density at radius 2 is 0.976 bits per heavy atom. The van der Waals surface area contributed by atoms with Gasteiger partial charge in [0.05, 0.1) is 58.9 Å². The van der Waals surface area contributed by atoms with E-state index in [9.17, 15) is 29.4 Å². The number of cyclic esters (lactones) is 2. The van der Waals surface area contributed by atoms with Crippen LogP contribution in [0.3, 0.4) is 0 Å². The topological polar surface area (TPSA) is 164 Å². The van der Waals surface area contributed by atoms with Gasteiger partial charge in [0.25, 0.3) is 0 Å². The Balaban J connectivity index is 0.000000119. The highest BCUT2D eigenvalue weighted by atomic mass is 16.6. The molecule has 12 heteroatoms. The molecule has 2 spiro atoms. The predicted molar refractivity (Wildman–Crippen MR) is 134 cm³/mol. The Kier molecular flexibility index (Phi) is 3.91. The van der Waals surface area contributed by atoms with E-state index < -0.39 is 79.3 Å². The van der Waals surface area contributed by atoms with Crippen molar-refractivity contribution < 1.29 is 57.8 Å². The summed E-state index contributed by atoms with van der Waals surface area (Å²) in [6.45, 7) is 11.7. The monoisotopic (exact) mass is 588 g/mol. The number of hydrogen-bond donors (Lipinski definition) is 2. The number of carbonyl (C=O) groups is 4.